The second-order valence-corrected chi connectivity index (χ2v) is 6.72. The lowest BCUT2D eigenvalue weighted by Gasteiger charge is -2.33. The molecule has 2 rings (SSSR count). The molecule has 5 heteroatoms. The van der Waals surface area contributed by atoms with Gasteiger partial charge in [0.05, 0.1) is 12.7 Å². The molecule has 1 saturated heterocycles. The highest BCUT2D eigenvalue weighted by molar-refractivity contribution is 7.14. The van der Waals surface area contributed by atoms with Crippen molar-refractivity contribution in [1.29, 1.82) is 0 Å². The minimum Gasteiger partial charge on any atom is -0.462 e. The molecule has 21 heavy (non-hydrogen) atoms. The molecular weight excluding hydrogens is 286 g/mol. The molecule has 1 aliphatic rings. The maximum absolute atomic E-state index is 11.6. The topological polar surface area (TPSA) is 49.8 Å². The maximum Gasteiger partial charge on any atom is 0.348 e. The molecule has 0 saturated carbocycles. The minimum absolute atomic E-state index is 0.300. The van der Waals surface area contributed by atoms with Crippen molar-refractivity contribution in [2.45, 2.75) is 51.7 Å². The van der Waals surface area contributed by atoms with Crippen molar-refractivity contribution < 1.29 is 14.6 Å². The summed E-state index contributed by atoms with van der Waals surface area (Å²) in [6.45, 7) is 6.47. The van der Waals surface area contributed by atoms with E-state index < -0.39 is 6.10 Å². The van der Waals surface area contributed by atoms with Gasteiger partial charge in [0, 0.05) is 17.5 Å². The quantitative estimate of drug-likeness (QED) is 0.820. The number of thiophene rings is 1. The first-order valence-corrected chi connectivity index (χ1v) is 8.62. The number of nitrogens with zero attached hydrogens (tertiary/aromatic N) is 1. The molecule has 0 spiro atoms. The van der Waals surface area contributed by atoms with Gasteiger partial charge in [0.2, 0.25) is 0 Å². The first-order chi connectivity index (χ1) is 10.1. The fourth-order valence-electron chi connectivity index (χ4n) is 2.76. The van der Waals surface area contributed by atoms with Gasteiger partial charge >= 0.3 is 5.97 Å². The van der Waals surface area contributed by atoms with Gasteiger partial charge in [0.15, 0.2) is 0 Å². The molecule has 1 aromatic heterocycles. The zero-order valence-electron chi connectivity index (χ0n) is 12.9. The van der Waals surface area contributed by atoms with Crippen LogP contribution in [-0.4, -0.2) is 41.7 Å². The Morgan fingerprint density at radius 2 is 2.33 bits per heavy atom. The molecule has 1 fully saturated rings. The van der Waals surface area contributed by atoms with Crippen molar-refractivity contribution in [2.24, 2.45) is 0 Å². The fraction of sp³-hybridized carbons (Fsp3) is 0.688. The summed E-state index contributed by atoms with van der Waals surface area (Å²) in [6, 6.07) is 4.19. The number of likely N-dealkylation sites (tertiary alicyclic amines) is 1. The first kappa shape index (κ1) is 16.5. The summed E-state index contributed by atoms with van der Waals surface area (Å²) in [5, 5.41) is 10.3. The Balaban J connectivity index is 1.85. The highest BCUT2D eigenvalue weighted by Crippen LogP contribution is 2.27. The molecule has 2 heterocycles. The van der Waals surface area contributed by atoms with Gasteiger partial charge in [-0.1, -0.05) is 6.42 Å². The number of hydrogen-bond acceptors (Lipinski definition) is 5. The van der Waals surface area contributed by atoms with E-state index in [2.05, 4.69) is 11.8 Å². The summed E-state index contributed by atoms with van der Waals surface area (Å²) in [5.41, 5.74) is 0. The van der Waals surface area contributed by atoms with Crippen LogP contribution in [0.1, 0.15) is 60.2 Å². The number of ether oxygens (including phenoxy) is 1. The summed E-state index contributed by atoms with van der Waals surface area (Å²) in [6.07, 6.45) is 4.04. The van der Waals surface area contributed by atoms with Crippen LogP contribution in [0.15, 0.2) is 12.1 Å². The van der Waals surface area contributed by atoms with Gasteiger partial charge in [-0.3, -0.25) is 0 Å². The largest absolute Gasteiger partial charge is 0.462 e. The number of esters is 1. The predicted octanol–water partition coefficient (Wildman–Crippen LogP) is 3.22. The summed E-state index contributed by atoms with van der Waals surface area (Å²) in [5.74, 6) is -0.300. The van der Waals surface area contributed by atoms with E-state index in [9.17, 15) is 9.90 Å². The summed E-state index contributed by atoms with van der Waals surface area (Å²) < 4.78 is 4.97. The summed E-state index contributed by atoms with van der Waals surface area (Å²) >= 11 is 1.33. The number of rotatable bonds is 6. The molecule has 4 nitrogen and oxygen atoms in total. The zero-order chi connectivity index (χ0) is 15.2. The van der Waals surface area contributed by atoms with Gasteiger partial charge in [-0.15, -0.1) is 11.3 Å². The van der Waals surface area contributed by atoms with Crippen LogP contribution in [0.5, 0.6) is 0 Å². The normalized spacial score (nSPS) is 21.2. The van der Waals surface area contributed by atoms with Gasteiger partial charge in [0.1, 0.15) is 4.88 Å². The third-order valence-electron chi connectivity index (χ3n) is 4.06. The predicted molar refractivity (Wildman–Crippen MR) is 84.7 cm³/mol. The Bertz CT molecular complexity index is 460. The molecule has 0 aliphatic carbocycles. The Kier molecular flexibility index (Phi) is 6.21. The van der Waals surface area contributed by atoms with Crippen molar-refractivity contribution in [3.05, 3.63) is 21.9 Å². The van der Waals surface area contributed by atoms with Crippen LogP contribution in [0.3, 0.4) is 0 Å². The van der Waals surface area contributed by atoms with Crippen LogP contribution in [-0.2, 0) is 4.74 Å². The van der Waals surface area contributed by atoms with Crippen LogP contribution < -0.4 is 0 Å². The minimum atomic E-state index is -0.493. The average Bonchev–Trinajstić information content (AvgIpc) is 2.96. The molecule has 0 amide bonds. The highest BCUT2D eigenvalue weighted by Gasteiger charge is 2.20. The Labute approximate surface area is 130 Å². The summed E-state index contributed by atoms with van der Waals surface area (Å²) in [4.78, 5) is 15.5. The summed E-state index contributed by atoms with van der Waals surface area (Å²) in [7, 11) is 0. The lowest BCUT2D eigenvalue weighted by molar-refractivity contribution is 0.0532. The van der Waals surface area contributed by atoms with Gasteiger partial charge in [0.25, 0.3) is 0 Å². The van der Waals surface area contributed by atoms with E-state index in [1.54, 1.807) is 13.0 Å². The molecule has 0 radical (unpaired) electrons. The Morgan fingerprint density at radius 3 is 3.05 bits per heavy atom. The van der Waals surface area contributed by atoms with E-state index >= 15 is 0 Å². The smallest absolute Gasteiger partial charge is 0.348 e. The number of aliphatic hydroxyl groups excluding tert-OH is 1. The third kappa shape index (κ3) is 4.53. The van der Waals surface area contributed by atoms with Crippen LogP contribution >= 0.6 is 11.3 Å². The first-order valence-electron chi connectivity index (χ1n) is 7.80. The fourth-order valence-corrected chi connectivity index (χ4v) is 3.69. The van der Waals surface area contributed by atoms with Crippen molar-refractivity contribution in [2.75, 3.05) is 19.7 Å². The average molecular weight is 311 g/mol. The van der Waals surface area contributed by atoms with E-state index in [4.69, 9.17) is 4.74 Å². The second kappa shape index (κ2) is 7.92. The number of aliphatic hydroxyl groups is 1. The van der Waals surface area contributed by atoms with Gasteiger partial charge in [-0.2, -0.15) is 0 Å². The molecule has 1 aliphatic heterocycles. The monoisotopic (exact) mass is 311 g/mol. The molecule has 2 atom stereocenters. The molecule has 1 N–H and O–H groups in total. The number of piperidine rings is 1. The van der Waals surface area contributed by atoms with Gasteiger partial charge < -0.3 is 14.7 Å². The maximum atomic E-state index is 11.6. The molecular formula is C16H25NO3S. The van der Waals surface area contributed by atoms with E-state index in [0.717, 1.165) is 18.0 Å². The molecule has 118 valence electrons. The van der Waals surface area contributed by atoms with Crippen molar-refractivity contribution >= 4 is 17.3 Å². The number of hydrogen-bond donors (Lipinski definition) is 1. The highest BCUT2D eigenvalue weighted by atomic mass is 32.1. The van der Waals surface area contributed by atoms with Crippen LogP contribution in [0.2, 0.25) is 0 Å². The van der Waals surface area contributed by atoms with Crippen molar-refractivity contribution in [1.82, 2.24) is 4.90 Å². The van der Waals surface area contributed by atoms with Crippen LogP contribution in [0, 0.1) is 0 Å². The van der Waals surface area contributed by atoms with Gasteiger partial charge in [-0.05, 0) is 51.8 Å². The van der Waals surface area contributed by atoms with Crippen molar-refractivity contribution in [3.63, 3.8) is 0 Å². The lowest BCUT2D eigenvalue weighted by atomic mass is 10.0. The Morgan fingerprint density at radius 1 is 1.52 bits per heavy atom. The number of carbonyl (C=O) groups is 1. The molecule has 0 bridgehead atoms. The molecule has 2 unspecified atom stereocenters. The van der Waals surface area contributed by atoms with Crippen molar-refractivity contribution in [3.8, 4) is 0 Å². The molecule has 1 aromatic rings. The second-order valence-electron chi connectivity index (χ2n) is 5.61. The lowest BCUT2D eigenvalue weighted by Crippen LogP contribution is -2.38. The van der Waals surface area contributed by atoms with E-state index in [-0.39, 0.29) is 5.97 Å². The number of carbonyl (C=O) groups excluding carboxylic acids is 1. The van der Waals surface area contributed by atoms with E-state index in [1.807, 2.05) is 6.07 Å². The van der Waals surface area contributed by atoms with Gasteiger partial charge in [-0.25, -0.2) is 4.79 Å². The zero-order valence-corrected chi connectivity index (χ0v) is 13.7. The van der Waals surface area contributed by atoms with E-state index in [1.165, 1.54) is 30.6 Å². The van der Waals surface area contributed by atoms with E-state index in [0.29, 0.717) is 23.9 Å². The molecule has 0 aromatic carbocycles. The Hall–Kier alpha value is -0.910. The van der Waals surface area contributed by atoms with Crippen LogP contribution in [0.25, 0.3) is 0 Å². The van der Waals surface area contributed by atoms with Crippen LogP contribution in [0.4, 0.5) is 0 Å². The standard InChI is InChI=1S/C16H25NO3S/c1-3-20-16(19)15-8-7-14(21-15)13(18)9-11-17-10-5-4-6-12(17)2/h7-8,12-13,18H,3-6,9-11H2,1-2H3. The third-order valence-corrected chi connectivity index (χ3v) is 5.23. The SMILES string of the molecule is CCOC(=O)c1ccc(C(O)CCN2CCCCC2C)s1.